The van der Waals surface area contributed by atoms with Crippen molar-refractivity contribution in [3.8, 4) is 0 Å². The molecule has 2 aromatic heterocycles. The summed E-state index contributed by atoms with van der Waals surface area (Å²) in [7, 11) is 0. The maximum atomic E-state index is 6.28. The van der Waals surface area contributed by atoms with E-state index in [9.17, 15) is 0 Å². The Labute approximate surface area is 102 Å². The fourth-order valence-corrected chi connectivity index (χ4v) is 2.08. The minimum atomic E-state index is -0.0812. The molecule has 0 spiro atoms. The third-order valence-corrected chi connectivity index (χ3v) is 3.13. The summed E-state index contributed by atoms with van der Waals surface area (Å²) in [5.41, 5.74) is 8.37. The van der Waals surface area contributed by atoms with Gasteiger partial charge in [-0.05, 0) is 32.0 Å². The predicted molar refractivity (Wildman–Crippen MR) is 67.8 cm³/mol. The van der Waals surface area contributed by atoms with Gasteiger partial charge in [0, 0.05) is 29.4 Å². The van der Waals surface area contributed by atoms with Crippen molar-refractivity contribution in [1.82, 2.24) is 4.98 Å². The molecule has 17 heavy (non-hydrogen) atoms. The first-order valence-corrected chi connectivity index (χ1v) is 5.83. The molecule has 3 nitrogen and oxygen atoms in total. The minimum absolute atomic E-state index is 0.0812. The number of aromatic nitrogens is 1. The smallest absolute Gasteiger partial charge is 0.105 e. The van der Waals surface area contributed by atoms with Crippen molar-refractivity contribution in [3.05, 3.63) is 53.2 Å². The van der Waals surface area contributed by atoms with E-state index in [2.05, 4.69) is 11.9 Å². The Hall–Kier alpha value is -1.61. The molecule has 0 aliphatic heterocycles. The van der Waals surface area contributed by atoms with Gasteiger partial charge < -0.3 is 10.2 Å². The summed E-state index contributed by atoms with van der Waals surface area (Å²) in [5, 5.41) is 0. The standard InChI is InChI=1S/C14H18N2O/c1-9-8-12(11(3)17-9)14(15)10(2)13-6-4-5-7-16-13/h4-8,10,14H,15H2,1-3H3. The van der Waals surface area contributed by atoms with Crippen LogP contribution in [0.1, 0.15) is 41.7 Å². The summed E-state index contributed by atoms with van der Waals surface area (Å²) in [4.78, 5) is 4.35. The summed E-state index contributed by atoms with van der Waals surface area (Å²) >= 11 is 0. The average Bonchev–Trinajstić information content (AvgIpc) is 2.68. The second-order valence-corrected chi connectivity index (χ2v) is 4.44. The number of pyridine rings is 1. The highest BCUT2D eigenvalue weighted by atomic mass is 16.3. The summed E-state index contributed by atoms with van der Waals surface area (Å²) in [6.45, 7) is 5.98. The van der Waals surface area contributed by atoms with Gasteiger partial charge in [-0.15, -0.1) is 0 Å². The third-order valence-electron chi connectivity index (χ3n) is 3.13. The fourth-order valence-electron chi connectivity index (χ4n) is 2.08. The molecule has 0 fully saturated rings. The molecule has 0 radical (unpaired) electrons. The van der Waals surface area contributed by atoms with E-state index in [1.54, 1.807) is 6.20 Å². The lowest BCUT2D eigenvalue weighted by Gasteiger charge is -2.18. The summed E-state index contributed by atoms with van der Waals surface area (Å²) < 4.78 is 5.52. The van der Waals surface area contributed by atoms with Gasteiger partial charge in [-0.2, -0.15) is 0 Å². The molecule has 0 aliphatic carbocycles. The molecule has 2 unspecified atom stereocenters. The molecule has 0 aromatic carbocycles. The Kier molecular flexibility index (Phi) is 3.29. The zero-order valence-electron chi connectivity index (χ0n) is 10.5. The number of rotatable bonds is 3. The van der Waals surface area contributed by atoms with Crippen molar-refractivity contribution in [2.75, 3.05) is 0 Å². The molecule has 0 amide bonds. The number of hydrogen-bond acceptors (Lipinski definition) is 3. The van der Waals surface area contributed by atoms with Crippen LogP contribution in [0.4, 0.5) is 0 Å². The van der Waals surface area contributed by atoms with E-state index >= 15 is 0 Å². The summed E-state index contributed by atoms with van der Waals surface area (Å²) in [6.07, 6.45) is 1.80. The van der Waals surface area contributed by atoms with Crippen molar-refractivity contribution in [2.24, 2.45) is 5.73 Å². The Morgan fingerprint density at radius 1 is 1.29 bits per heavy atom. The highest BCUT2D eigenvalue weighted by Gasteiger charge is 2.21. The van der Waals surface area contributed by atoms with Gasteiger partial charge in [-0.3, -0.25) is 4.98 Å². The molecule has 90 valence electrons. The van der Waals surface area contributed by atoms with Crippen LogP contribution in [0.25, 0.3) is 0 Å². The maximum Gasteiger partial charge on any atom is 0.105 e. The zero-order chi connectivity index (χ0) is 12.4. The van der Waals surface area contributed by atoms with Crippen LogP contribution in [0.15, 0.2) is 34.9 Å². The van der Waals surface area contributed by atoms with Crippen molar-refractivity contribution < 1.29 is 4.42 Å². The Morgan fingerprint density at radius 3 is 2.59 bits per heavy atom. The van der Waals surface area contributed by atoms with E-state index in [0.717, 1.165) is 22.8 Å². The van der Waals surface area contributed by atoms with Gasteiger partial charge in [-0.1, -0.05) is 13.0 Å². The Balaban J connectivity index is 2.26. The summed E-state index contributed by atoms with van der Waals surface area (Å²) in [5.74, 6) is 1.98. The normalized spacial score (nSPS) is 14.6. The van der Waals surface area contributed by atoms with Gasteiger partial charge in [0.2, 0.25) is 0 Å². The topological polar surface area (TPSA) is 52.0 Å². The third kappa shape index (κ3) is 2.39. The molecule has 0 bridgehead atoms. The molecule has 0 saturated heterocycles. The molecular weight excluding hydrogens is 212 g/mol. The largest absolute Gasteiger partial charge is 0.466 e. The van der Waals surface area contributed by atoms with Crippen molar-refractivity contribution in [1.29, 1.82) is 0 Å². The zero-order valence-corrected chi connectivity index (χ0v) is 10.5. The molecule has 3 heteroatoms. The molecule has 2 heterocycles. The van der Waals surface area contributed by atoms with Crippen molar-refractivity contribution in [3.63, 3.8) is 0 Å². The lowest BCUT2D eigenvalue weighted by atomic mass is 9.92. The number of nitrogens with zero attached hydrogens (tertiary/aromatic N) is 1. The van der Waals surface area contributed by atoms with Crippen molar-refractivity contribution in [2.45, 2.75) is 32.7 Å². The van der Waals surface area contributed by atoms with Crippen LogP contribution in [-0.2, 0) is 0 Å². The molecule has 2 rings (SSSR count). The van der Waals surface area contributed by atoms with Gasteiger partial charge in [0.15, 0.2) is 0 Å². The monoisotopic (exact) mass is 230 g/mol. The first kappa shape index (κ1) is 11.9. The van der Waals surface area contributed by atoms with E-state index in [1.165, 1.54) is 0 Å². The lowest BCUT2D eigenvalue weighted by molar-refractivity contribution is 0.490. The van der Waals surface area contributed by atoms with E-state index < -0.39 is 0 Å². The first-order chi connectivity index (χ1) is 8.09. The highest BCUT2D eigenvalue weighted by molar-refractivity contribution is 5.27. The van der Waals surface area contributed by atoms with Crippen LogP contribution >= 0.6 is 0 Å². The van der Waals surface area contributed by atoms with Gasteiger partial charge in [0.1, 0.15) is 11.5 Å². The van der Waals surface area contributed by atoms with Crippen LogP contribution < -0.4 is 5.73 Å². The maximum absolute atomic E-state index is 6.28. The van der Waals surface area contributed by atoms with Gasteiger partial charge in [0.05, 0.1) is 0 Å². The van der Waals surface area contributed by atoms with Gasteiger partial charge in [-0.25, -0.2) is 0 Å². The molecule has 0 saturated carbocycles. The molecule has 0 aliphatic rings. The quantitative estimate of drug-likeness (QED) is 0.881. The number of aryl methyl sites for hydroxylation is 2. The van der Waals surface area contributed by atoms with Crippen LogP contribution in [0.3, 0.4) is 0 Å². The van der Waals surface area contributed by atoms with Crippen LogP contribution in [0, 0.1) is 13.8 Å². The first-order valence-electron chi connectivity index (χ1n) is 5.83. The van der Waals surface area contributed by atoms with Gasteiger partial charge >= 0.3 is 0 Å². The number of nitrogens with two attached hydrogens (primary N) is 1. The second-order valence-electron chi connectivity index (χ2n) is 4.44. The average molecular weight is 230 g/mol. The molecule has 2 N–H and O–H groups in total. The second kappa shape index (κ2) is 4.72. The lowest BCUT2D eigenvalue weighted by Crippen LogP contribution is -2.18. The van der Waals surface area contributed by atoms with Crippen LogP contribution in [0.2, 0.25) is 0 Å². The fraction of sp³-hybridized carbons (Fsp3) is 0.357. The molecular formula is C14H18N2O. The number of furan rings is 1. The predicted octanol–water partition coefficient (Wildman–Crippen LogP) is 3.09. The van der Waals surface area contributed by atoms with E-state index in [0.29, 0.717) is 0 Å². The SMILES string of the molecule is Cc1cc(C(N)C(C)c2ccccn2)c(C)o1. The molecule has 2 aromatic rings. The Bertz CT molecular complexity index is 490. The number of hydrogen-bond donors (Lipinski definition) is 1. The van der Waals surface area contributed by atoms with Gasteiger partial charge in [0.25, 0.3) is 0 Å². The minimum Gasteiger partial charge on any atom is -0.466 e. The van der Waals surface area contributed by atoms with Crippen LogP contribution in [0.5, 0.6) is 0 Å². The van der Waals surface area contributed by atoms with E-state index in [-0.39, 0.29) is 12.0 Å². The van der Waals surface area contributed by atoms with Crippen molar-refractivity contribution >= 4 is 0 Å². The van der Waals surface area contributed by atoms with Crippen LogP contribution in [-0.4, -0.2) is 4.98 Å². The van der Waals surface area contributed by atoms with E-state index in [1.807, 2.05) is 38.1 Å². The highest BCUT2D eigenvalue weighted by Crippen LogP contribution is 2.30. The molecule has 2 atom stereocenters. The van der Waals surface area contributed by atoms with E-state index in [4.69, 9.17) is 10.2 Å². The summed E-state index contributed by atoms with van der Waals surface area (Å²) in [6, 6.07) is 7.84. The Morgan fingerprint density at radius 2 is 2.06 bits per heavy atom.